The van der Waals surface area contributed by atoms with E-state index in [-0.39, 0.29) is 11.9 Å². The Morgan fingerprint density at radius 1 is 1.26 bits per heavy atom. The summed E-state index contributed by atoms with van der Waals surface area (Å²) in [5, 5.41) is 5.74. The van der Waals surface area contributed by atoms with Gasteiger partial charge in [-0.1, -0.05) is 29.3 Å². The van der Waals surface area contributed by atoms with E-state index in [0.717, 1.165) is 15.6 Å². The molecule has 0 saturated carbocycles. The third-order valence-electron chi connectivity index (χ3n) is 3.79. The van der Waals surface area contributed by atoms with Crippen LogP contribution in [0.15, 0.2) is 41.1 Å². The molecule has 0 saturated heterocycles. The van der Waals surface area contributed by atoms with Gasteiger partial charge in [0.05, 0.1) is 22.1 Å². The predicted molar refractivity (Wildman–Crippen MR) is 112 cm³/mol. The molecule has 0 spiro atoms. The number of nitrogens with zero attached hydrogens (tertiary/aromatic N) is 2. The highest BCUT2D eigenvalue weighted by Crippen LogP contribution is 2.28. The highest BCUT2D eigenvalue weighted by Gasteiger charge is 2.21. The Morgan fingerprint density at radius 3 is 2.78 bits per heavy atom. The molecule has 0 aliphatic carbocycles. The molecule has 3 rings (SSSR count). The van der Waals surface area contributed by atoms with Gasteiger partial charge in [-0.05, 0) is 37.4 Å². The topological polar surface area (TPSA) is 42.4 Å². The summed E-state index contributed by atoms with van der Waals surface area (Å²) >= 11 is 15.0. The molecule has 0 radical (unpaired) electrons. The number of hydrogen-bond acceptors (Lipinski definition) is 5. The number of carbonyl (C=O) groups excluding carboxylic acids is 1. The van der Waals surface area contributed by atoms with Gasteiger partial charge in [-0.15, -0.1) is 22.7 Å². The van der Waals surface area contributed by atoms with Gasteiger partial charge < -0.3 is 9.64 Å². The van der Waals surface area contributed by atoms with Crippen LogP contribution >= 0.6 is 45.9 Å². The minimum absolute atomic E-state index is 0.0245. The maximum atomic E-state index is 12.7. The maximum Gasteiger partial charge on any atom is 0.264 e. The first-order chi connectivity index (χ1) is 12.9. The van der Waals surface area contributed by atoms with E-state index in [0.29, 0.717) is 28.9 Å². The van der Waals surface area contributed by atoms with Crippen LogP contribution in [0.1, 0.15) is 34.2 Å². The molecular formula is C19H18Cl2N2O2S2. The summed E-state index contributed by atoms with van der Waals surface area (Å²) in [5.74, 6) is 0.550. The summed E-state index contributed by atoms with van der Waals surface area (Å²) in [6, 6.07) is 8.89. The number of thiazole rings is 1. The normalized spacial score (nSPS) is 11.0. The largest absolute Gasteiger partial charge is 0.485 e. The van der Waals surface area contributed by atoms with Gasteiger partial charge in [0.15, 0.2) is 0 Å². The van der Waals surface area contributed by atoms with Crippen molar-refractivity contribution in [2.24, 2.45) is 0 Å². The molecule has 0 bridgehead atoms. The van der Waals surface area contributed by atoms with Crippen molar-refractivity contribution in [2.75, 3.05) is 0 Å². The van der Waals surface area contributed by atoms with Crippen LogP contribution in [0.2, 0.25) is 10.0 Å². The molecule has 2 aromatic heterocycles. The van der Waals surface area contributed by atoms with Crippen LogP contribution in [0, 0.1) is 0 Å². The van der Waals surface area contributed by atoms with E-state index in [2.05, 4.69) is 4.98 Å². The fourth-order valence-corrected chi connectivity index (χ4v) is 4.13. The molecule has 0 atom stereocenters. The second-order valence-corrected chi connectivity index (χ2v) is 8.83. The third-order valence-corrected chi connectivity index (χ3v) is 6.07. The molecule has 0 aliphatic heterocycles. The number of hydrogen-bond donors (Lipinski definition) is 0. The zero-order chi connectivity index (χ0) is 19.4. The van der Waals surface area contributed by atoms with Crippen molar-refractivity contribution in [2.45, 2.75) is 33.0 Å². The third kappa shape index (κ3) is 5.23. The van der Waals surface area contributed by atoms with Crippen LogP contribution in [0.4, 0.5) is 0 Å². The van der Waals surface area contributed by atoms with E-state index in [1.165, 1.54) is 22.7 Å². The number of rotatable bonds is 7. The first-order valence-corrected chi connectivity index (χ1v) is 10.8. The molecule has 4 nitrogen and oxygen atoms in total. The number of thiophene rings is 1. The molecule has 8 heteroatoms. The number of carbonyl (C=O) groups is 1. The van der Waals surface area contributed by atoms with Crippen molar-refractivity contribution < 1.29 is 9.53 Å². The molecule has 1 amide bonds. The zero-order valence-corrected chi connectivity index (χ0v) is 18.0. The summed E-state index contributed by atoms with van der Waals surface area (Å²) < 4.78 is 5.73. The van der Waals surface area contributed by atoms with Gasteiger partial charge in [0.2, 0.25) is 0 Å². The van der Waals surface area contributed by atoms with Crippen molar-refractivity contribution >= 4 is 51.8 Å². The highest BCUT2D eigenvalue weighted by molar-refractivity contribution is 7.12. The second kappa shape index (κ2) is 9.06. The molecule has 1 aromatic carbocycles. The molecular weight excluding hydrogens is 423 g/mol. The van der Waals surface area contributed by atoms with Crippen molar-refractivity contribution in [1.82, 2.24) is 9.88 Å². The average Bonchev–Trinajstić information content (AvgIpc) is 3.31. The van der Waals surface area contributed by atoms with Gasteiger partial charge in [-0.3, -0.25) is 4.79 Å². The minimum atomic E-state index is 0.0245. The monoisotopic (exact) mass is 440 g/mol. The summed E-state index contributed by atoms with van der Waals surface area (Å²) in [5.41, 5.74) is 0.842. The Labute approximate surface area is 176 Å². The first-order valence-electron chi connectivity index (χ1n) is 8.29. The molecule has 0 unspecified atom stereocenters. The summed E-state index contributed by atoms with van der Waals surface area (Å²) in [6.45, 7) is 4.76. The molecule has 3 aromatic rings. The lowest BCUT2D eigenvalue weighted by Crippen LogP contribution is -2.36. The van der Waals surface area contributed by atoms with E-state index >= 15 is 0 Å². The Hall–Kier alpha value is -1.60. The van der Waals surface area contributed by atoms with Gasteiger partial charge in [0.25, 0.3) is 5.91 Å². The molecule has 27 heavy (non-hydrogen) atoms. The Morgan fingerprint density at radius 2 is 2.07 bits per heavy atom. The van der Waals surface area contributed by atoms with Crippen LogP contribution in [0.3, 0.4) is 0 Å². The molecule has 0 aliphatic rings. The van der Waals surface area contributed by atoms with Gasteiger partial charge in [-0.25, -0.2) is 4.98 Å². The molecule has 2 heterocycles. The number of amides is 1. The van der Waals surface area contributed by atoms with Gasteiger partial charge in [-0.2, -0.15) is 0 Å². The average molecular weight is 441 g/mol. The number of halogens is 2. The van der Waals surface area contributed by atoms with E-state index < -0.39 is 0 Å². The Kier molecular flexibility index (Phi) is 6.76. The lowest BCUT2D eigenvalue weighted by Gasteiger charge is -2.25. The fourth-order valence-electron chi connectivity index (χ4n) is 2.42. The smallest absolute Gasteiger partial charge is 0.264 e. The number of benzene rings is 1. The van der Waals surface area contributed by atoms with Crippen LogP contribution < -0.4 is 4.74 Å². The van der Waals surface area contributed by atoms with Crippen molar-refractivity contribution in [3.05, 3.63) is 66.7 Å². The molecule has 0 fully saturated rings. The number of aromatic nitrogens is 1. The standard InChI is InChI=1S/C19H18Cl2N2O2S2/c1-12(2)23(19(24)17-4-3-7-26-17)9-14-11-27-18(22-14)10-25-16-8-13(20)5-6-15(16)21/h3-8,11-12H,9-10H2,1-2H3. The summed E-state index contributed by atoms with van der Waals surface area (Å²) in [4.78, 5) is 19.8. The minimum Gasteiger partial charge on any atom is -0.485 e. The number of ether oxygens (including phenoxy) is 1. The first kappa shape index (κ1) is 20.1. The second-order valence-electron chi connectivity index (χ2n) is 6.10. The van der Waals surface area contributed by atoms with E-state index in [1.807, 2.05) is 41.6 Å². The SMILES string of the molecule is CC(C)N(Cc1csc(COc2cc(Cl)ccc2Cl)n1)C(=O)c1cccs1. The van der Waals surface area contributed by atoms with Gasteiger partial charge in [0, 0.05) is 22.5 Å². The van der Waals surface area contributed by atoms with Crippen LogP contribution in [0.5, 0.6) is 5.75 Å². The fraction of sp³-hybridized carbons (Fsp3) is 0.263. The van der Waals surface area contributed by atoms with Crippen LogP contribution in [-0.2, 0) is 13.2 Å². The molecule has 142 valence electrons. The lowest BCUT2D eigenvalue weighted by molar-refractivity contribution is 0.0693. The Balaban J connectivity index is 1.65. The van der Waals surface area contributed by atoms with Crippen LogP contribution in [0.25, 0.3) is 0 Å². The lowest BCUT2D eigenvalue weighted by atomic mass is 10.2. The Bertz CT molecular complexity index is 910. The summed E-state index contributed by atoms with van der Waals surface area (Å²) in [6.07, 6.45) is 0. The zero-order valence-electron chi connectivity index (χ0n) is 14.8. The quantitative estimate of drug-likeness (QED) is 0.442. The van der Waals surface area contributed by atoms with Crippen molar-refractivity contribution in [3.63, 3.8) is 0 Å². The van der Waals surface area contributed by atoms with E-state index in [1.54, 1.807) is 18.2 Å². The van der Waals surface area contributed by atoms with E-state index in [9.17, 15) is 4.79 Å². The maximum absolute atomic E-state index is 12.7. The van der Waals surface area contributed by atoms with Gasteiger partial charge >= 0.3 is 0 Å². The van der Waals surface area contributed by atoms with Crippen molar-refractivity contribution in [1.29, 1.82) is 0 Å². The highest BCUT2D eigenvalue weighted by atomic mass is 35.5. The van der Waals surface area contributed by atoms with Crippen LogP contribution in [-0.4, -0.2) is 21.8 Å². The van der Waals surface area contributed by atoms with Gasteiger partial charge in [0.1, 0.15) is 17.4 Å². The molecule has 0 N–H and O–H groups in total. The summed E-state index contributed by atoms with van der Waals surface area (Å²) in [7, 11) is 0. The van der Waals surface area contributed by atoms with E-state index in [4.69, 9.17) is 27.9 Å². The van der Waals surface area contributed by atoms with Crippen molar-refractivity contribution in [3.8, 4) is 5.75 Å². The predicted octanol–water partition coefficient (Wildman–Crippen LogP) is 6.14.